The average Bonchev–Trinajstić information content (AvgIpc) is 2.46. The number of hydrogen-bond donors (Lipinski definition) is 0. The third-order valence-electron chi connectivity index (χ3n) is 2.70. The first-order valence-corrected chi connectivity index (χ1v) is 6.14. The molecule has 0 heterocycles. The Morgan fingerprint density at radius 2 is 2.10 bits per heavy atom. The third-order valence-corrected chi connectivity index (χ3v) is 3.05. The van der Waals surface area contributed by atoms with E-state index in [2.05, 4.69) is 0 Å². The molecule has 2 rings (SSSR count). The van der Waals surface area contributed by atoms with Gasteiger partial charge in [0.25, 0.3) is 5.69 Å². The molecule has 0 N–H and O–H groups in total. The first-order valence-electron chi connectivity index (χ1n) is 5.76. The molecule has 106 valence electrons. The van der Waals surface area contributed by atoms with Crippen molar-refractivity contribution in [2.45, 2.75) is 6.61 Å². The van der Waals surface area contributed by atoms with E-state index in [0.717, 1.165) is 6.07 Å². The maximum atomic E-state index is 13.4. The molecule has 0 aliphatic rings. The first-order chi connectivity index (χ1) is 10.0. The molecule has 0 aliphatic heterocycles. The molecule has 0 saturated carbocycles. The minimum absolute atomic E-state index is 0.0299. The number of nitrogens with zero attached hydrogens (tertiary/aromatic N) is 2. The highest BCUT2D eigenvalue weighted by atomic mass is 35.5. The van der Waals surface area contributed by atoms with E-state index in [-0.39, 0.29) is 28.6 Å². The Balaban J connectivity index is 2.11. The number of halogens is 2. The van der Waals surface area contributed by atoms with Gasteiger partial charge >= 0.3 is 0 Å². The van der Waals surface area contributed by atoms with Crippen LogP contribution in [0, 0.1) is 27.3 Å². The molecule has 0 radical (unpaired) electrons. The van der Waals surface area contributed by atoms with E-state index in [9.17, 15) is 14.5 Å². The largest absolute Gasteiger partial charge is 0.489 e. The minimum Gasteiger partial charge on any atom is -0.489 e. The molecule has 5 nitrogen and oxygen atoms in total. The lowest BCUT2D eigenvalue weighted by Crippen LogP contribution is -1.98. The summed E-state index contributed by atoms with van der Waals surface area (Å²) < 4.78 is 18.7. The number of rotatable bonds is 4. The smallest absolute Gasteiger partial charge is 0.270 e. The molecule has 0 amide bonds. The van der Waals surface area contributed by atoms with Gasteiger partial charge in [0.1, 0.15) is 24.2 Å². The normalized spacial score (nSPS) is 9.95. The second-order valence-electron chi connectivity index (χ2n) is 4.07. The summed E-state index contributed by atoms with van der Waals surface area (Å²) in [4.78, 5) is 10.0. The highest BCUT2D eigenvalue weighted by Crippen LogP contribution is 2.24. The molecule has 0 unspecified atom stereocenters. The Hall–Kier alpha value is -2.65. The summed E-state index contributed by atoms with van der Waals surface area (Å²) in [5, 5.41) is 19.4. The Morgan fingerprint density at radius 3 is 2.67 bits per heavy atom. The highest BCUT2D eigenvalue weighted by molar-refractivity contribution is 6.31. The van der Waals surface area contributed by atoms with Crippen LogP contribution in [0.2, 0.25) is 5.02 Å². The van der Waals surface area contributed by atoms with Gasteiger partial charge in [0, 0.05) is 23.8 Å². The summed E-state index contributed by atoms with van der Waals surface area (Å²) in [5.74, 6) is -0.439. The number of hydrogen-bond acceptors (Lipinski definition) is 4. The molecule has 0 fully saturated rings. The quantitative estimate of drug-likeness (QED) is 0.635. The predicted octanol–water partition coefficient (Wildman–Crippen LogP) is 3.84. The molecule has 21 heavy (non-hydrogen) atoms. The van der Waals surface area contributed by atoms with E-state index in [1.54, 1.807) is 6.07 Å². The van der Waals surface area contributed by atoms with E-state index < -0.39 is 10.7 Å². The molecule has 0 atom stereocenters. The number of benzene rings is 2. The van der Waals surface area contributed by atoms with Crippen LogP contribution < -0.4 is 4.74 Å². The topological polar surface area (TPSA) is 76.2 Å². The zero-order valence-electron chi connectivity index (χ0n) is 10.5. The van der Waals surface area contributed by atoms with Crippen LogP contribution in [-0.2, 0) is 6.61 Å². The molecule has 2 aromatic carbocycles. The van der Waals surface area contributed by atoms with Crippen LogP contribution >= 0.6 is 11.6 Å². The Kier molecular flexibility index (Phi) is 4.36. The van der Waals surface area contributed by atoms with Crippen molar-refractivity contribution in [1.29, 1.82) is 5.26 Å². The molecule has 0 saturated heterocycles. The van der Waals surface area contributed by atoms with Crippen molar-refractivity contribution in [1.82, 2.24) is 0 Å². The van der Waals surface area contributed by atoms with Crippen molar-refractivity contribution >= 4 is 17.3 Å². The highest BCUT2D eigenvalue weighted by Gasteiger charge is 2.10. The first kappa shape index (κ1) is 14.8. The Morgan fingerprint density at radius 1 is 1.33 bits per heavy atom. The summed E-state index contributed by atoms with van der Waals surface area (Å²) in [7, 11) is 0. The van der Waals surface area contributed by atoms with Gasteiger partial charge in [-0.3, -0.25) is 10.1 Å². The van der Waals surface area contributed by atoms with Gasteiger partial charge in [-0.15, -0.1) is 0 Å². The van der Waals surface area contributed by atoms with Gasteiger partial charge in [-0.2, -0.15) is 5.26 Å². The third kappa shape index (κ3) is 3.46. The Bertz CT molecular complexity index is 743. The van der Waals surface area contributed by atoms with Crippen molar-refractivity contribution in [3.63, 3.8) is 0 Å². The number of ether oxygens (including phenoxy) is 1. The summed E-state index contributed by atoms with van der Waals surface area (Å²) >= 11 is 5.92. The predicted molar refractivity (Wildman–Crippen MR) is 73.6 cm³/mol. The van der Waals surface area contributed by atoms with Crippen LogP contribution in [-0.4, -0.2) is 4.92 Å². The average molecular weight is 307 g/mol. The summed E-state index contributed by atoms with van der Waals surface area (Å²) in [6.45, 7) is 0.0299. The summed E-state index contributed by atoms with van der Waals surface area (Å²) in [6, 6.07) is 9.57. The van der Waals surface area contributed by atoms with Crippen molar-refractivity contribution in [2.75, 3.05) is 0 Å². The van der Waals surface area contributed by atoms with E-state index in [1.807, 2.05) is 0 Å². The SMILES string of the molecule is N#Cc1ccc(OCc2ccc([N+](=O)[O-])cc2Cl)cc1F. The van der Waals surface area contributed by atoms with Gasteiger partial charge < -0.3 is 4.74 Å². The van der Waals surface area contributed by atoms with E-state index in [4.69, 9.17) is 21.6 Å². The van der Waals surface area contributed by atoms with Gasteiger partial charge in [0.2, 0.25) is 0 Å². The number of nitro benzene ring substituents is 1. The van der Waals surface area contributed by atoms with E-state index in [0.29, 0.717) is 5.56 Å². The Labute approximate surface area is 124 Å². The zero-order valence-corrected chi connectivity index (χ0v) is 11.3. The van der Waals surface area contributed by atoms with Gasteiger partial charge in [-0.05, 0) is 18.2 Å². The lowest BCUT2D eigenvalue weighted by atomic mass is 10.2. The minimum atomic E-state index is -0.676. The molecule has 7 heteroatoms. The van der Waals surface area contributed by atoms with Gasteiger partial charge in [-0.25, -0.2) is 4.39 Å². The fraction of sp³-hybridized carbons (Fsp3) is 0.0714. The van der Waals surface area contributed by atoms with Gasteiger partial charge in [0.15, 0.2) is 0 Å². The fourth-order valence-corrected chi connectivity index (χ4v) is 1.83. The summed E-state index contributed by atoms with van der Waals surface area (Å²) in [5.41, 5.74) is 0.343. The van der Waals surface area contributed by atoms with Crippen LogP contribution in [0.15, 0.2) is 36.4 Å². The van der Waals surface area contributed by atoms with Crippen molar-refractivity contribution in [2.24, 2.45) is 0 Å². The lowest BCUT2D eigenvalue weighted by molar-refractivity contribution is -0.384. The summed E-state index contributed by atoms with van der Waals surface area (Å²) in [6.07, 6.45) is 0. The number of nitro groups is 1. The van der Waals surface area contributed by atoms with E-state index in [1.165, 1.54) is 30.3 Å². The molecular formula is C14H8ClFN2O3. The second kappa shape index (κ2) is 6.20. The number of nitriles is 1. The molecule has 2 aromatic rings. The van der Waals surface area contributed by atoms with Crippen LogP contribution in [0.5, 0.6) is 5.75 Å². The molecule has 0 aromatic heterocycles. The van der Waals surface area contributed by atoms with E-state index >= 15 is 0 Å². The monoisotopic (exact) mass is 306 g/mol. The van der Waals surface area contributed by atoms with Crippen LogP contribution in [0.25, 0.3) is 0 Å². The van der Waals surface area contributed by atoms with Crippen LogP contribution in [0.3, 0.4) is 0 Å². The van der Waals surface area contributed by atoms with Gasteiger partial charge in [-0.1, -0.05) is 11.6 Å². The molecule has 0 spiro atoms. The van der Waals surface area contributed by atoms with Crippen molar-refractivity contribution in [3.8, 4) is 11.8 Å². The molecular weight excluding hydrogens is 299 g/mol. The number of non-ortho nitro benzene ring substituents is 1. The van der Waals surface area contributed by atoms with Crippen molar-refractivity contribution < 1.29 is 14.1 Å². The van der Waals surface area contributed by atoms with Crippen LogP contribution in [0.1, 0.15) is 11.1 Å². The second-order valence-corrected chi connectivity index (χ2v) is 4.48. The lowest BCUT2D eigenvalue weighted by Gasteiger charge is -2.08. The molecule has 0 bridgehead atoms. The zero-order chi connectivity index (χ0) is 15.4. The maximum Gasteiger partial charge on any atom is 0.270 e. The standard InChI is InChI=1S/C14H8ClFN2O3/c15-13-5-11(18(19)20)3-1-10(13)8-21-12-4-2-9(7-17)14(16)6-12/h1-6H,8H2. The van der Waals surface area contributed by atoms with Crippen LogP contribution in [0.4, 0.5) is 10.1 Å². The maximum absolute atomic E-state index is 13.4. The fourth-order valence-electron chi connectivity index (χ4n) is 1.60. The van der Waals surface area contributed by atoms with Gasteiger partial charge in [0.05, 0.1) is 15.5 Å². The van der Waals surface area contributed by atoms with Crippen molar-refractivity contribution in [3.05, 3.63) is 68.5 Å². The molecule has 0 aliphatic carbocycles.